The molecule has 9 heteroatoms. The molecule has 2 amide bonds. The maximum atomic E-state index is 13.3. The number of nitrogens with one attached hydrogen (secondary N) is 3. The summed E-state index contributed by atoms with van der Waals surface area (Å²) in [6.07, 6.45) is 2.86. The first kappa shape index (κ1) is 22.5. The number of anilines is 1. The molecule has 1 saturated heterocycles. The second-order valence-electron chi connectivity index (χ2n) is 8.62. The standard InChI is InChI=1S/C23H27ClFN5O2/c1-12(22(31)30-19-6-5-18-15(19)3-7-21(26)29-18)28-23(32)20-10-14(11-27-20)8-13-2-4-17(25)16(24)9-13/h2-4,7,9,12,14,19-20,27H,5-6,8,10-11H2,1H3,(H2,26,29)(H,28,32)(H,30,31)/t12-,14-,19+,20+/m0/s1. The summed E-state index contributed by atoms with van der Waals surface area (Å²) in [6.45, 7) is 2.35. The lowest BCUT2D eigenvalue weighted by molar-refractivity contribution is -0.129. The average molecular weight is 460 g/mol. The molecular formula is C23H27ClFN5O2. The molecular weight excluding hydrogens is 433 g/mol. The van der Waals surface area contributed by atoms with Crippen molar-refractivity contribution in [2.45, 2.75) is 50.7 Å². The number of benzene rings is 1. The topological polar surface area (TPSA) is 109 Å². The number of hydrogen-bond donors (Lipinski definition) is 4. The number of carbonyl (C=O) groups is 2. The van der Waals surface area contributed by atoms with Gasteiger partial charge in [-0.2, -0.15) is 0 Å². The van der Waals surface area contributed by atoms with E-state index in [1.807, 2.05) is 6.07 Å². The van der Waals surface area contributed by atoms with Crippen LogP contribution in [0.3, 0.4) is 0 Å². The van der Waals surface area contributed by atoms with Gasteiger partial charge in [-0.1, -0.05) is 23.7 Å². The van der Waals surface area contributed by atoms with Crippen molar-refractivity contribution in [3.8, 4) is 0 Å². The van der Waals surface area contributed by atoms with Gasteiger partial charge < -0.3 is 21.7 Å². The second kappa shape index (κ2) is 9.42. The maximum absolute atomic E-state index is 13.3. The Labute approximate surface area is 191 Å². The maximum Gasteiger partial charge on any atom is 0.242 e. The van der Waals surface area contributed by atoms with Gasteiger partial charge in [-0.05, 0) is 74.4 Å². The van der Waals surface area contributed by atoms with Crippen molar-refractivity contribution in [1.82, 2.24) is 20.9 Å². The second-order valence-corrected chi connectivity index (χ2v) is 9.02. The fourth-order valence-electron chi connectivity index (χ4n) is 4.47. The van der Waals surface area contributed by atoms with Crippen LogP contribution in [0.4, 0.5) is 10.2 Å². The minimum atomic E-state index is -0.662. The molecule has 32 heavy (non-hydrogen) atoms. The van der Waals surface area contributed by atoms with Gasteiger partial charge in [0.1, 0.15) is 17.7 Å². The number of hydrogen-bond acceptors (Lipinski definition) is 5. The van der Waals surface area contributed by atoms with Crippen LogP contribution >= 0.6 is 11.6 Å². The van der Waals surface area contributed by atoms with Crippen LogP contribution in [0.1, 0.15) is 42.6 Å². The van der Waals surface area contributed by atoms with E-state index >= 15 is 0 Å². The lowest BCUT2D eigenvalue weighted by atomic mass is 9.96. The summed E-state index contributed by atoms with van der Waals surface area (Å²) in [6, 6.07) is 7.18. The molecule has 1 aromatic carbocycles. The first-order chi connectivity index (χ1) is 15.3. The third-order valence-corrected chi connectivity index (χ3v) is 6.48. The van der Waals surface area contributed by atoms with Crippen LogP contribution in [0, 0.1) is 11.7 Å². The van der Waals surface area contributed by atoms with Gasteiger partial charge in [-0.25, -0.2) is 9.37 Å². The number of aryl methyl sites for hydroxylation is 1. The van der Waals surface area contributed by atoms with Gasteiger partial charge in [0.2, 0.25) is 11.8 Å². The van der Waals surface area contributed by atoms with Gasteiger partial charge in [0, 0.05) is 5.69 Å². The zero-order valence-corrected chi connectivity index (χ0v) is 18.6. The van der Waals surface area contributed by atoms with E-state index in [0.717, 1.165) is 29.7 Å². The van der Waals surface area contributed by atoms with Crippen molar-refractivity contribution in [3.63, 3.8) is 0 Å². The van der Waals surface area contributed by atoms with Crippen LogP contribution in [0.25, 0.3) is 0 Å². The van der Waals surface area contributed by atoms with Gasteiger partial charge in [0.15, 0.2) is 0 Å². The lowest BCUT2D eigenvalue weighted by Crippen LogP contribution is -2.50. The SMILES string of the molecule is C[C@H](NC(=O)[C@H]1C[C@H](Cc2ccc(F)c(Cl)c2)CN1)C(=O)N[C@@H]1CCc2nc(N)ccc21. The van der Waals surface area contributed by atoms with E-state index in [0.29, 0.717) is 25.2 Å². The van der Waals surface area contributed by atoms with Crippen LogP contribution in [0.2, 0.25) is 5.02 Å². The Hall–Kier alpha value is -2.71. The summed E-state index contributed by atoms with van der Waals surface area (Å²) in [4.78, 5) is 29.7. The van der Waals surface area contributed by atoms with Crippen molar-refractivity contribution < 1.29 is 14.0 Å². The molecule has 1 fully saturated rings. The van der Waals surface area contributed by atoms with E-state index in [-0.39, 0.29) is 34.8 Å². The van der Waals surface area contributed by atoms with E-state index in [2.05, 4.69) is 20.9 Å². The van der Waals surface area contributed by atoms with Gasteiger partial charge in [-0.3, -0.25) is 9.59 Å². The molecule has 0 spiro atoms. The number of halogens is 2. The molecule has 0 bridgehead atoms. The molecule has 7 nitrogen and oxygen atoms in total. The van der Waals surface area contributed by atoms with Crippen LogP contribution in [-0.2, 0) is 22.4 Å². The summed E-state index contributed by atoms with van der Waals surface area (Å²) < 4.78 is 13.3. The van der Waals surface area contributed by atoms with Crippen molar-refractivity contribution in [3.05, 3.63) is 58.0 Å². The lowest BCUT2D eigenvalue weighted by Gasteiger charge is -2.20. The Morgan fingerprint density at radius 1 is 1.34 bits per heavy atom. The van der Waals surface area contributed by atoms with Crippen LogP contribution < -0.4 is 21.7 Å². The predicted octanol–water partition coefficient (Wildman–Crippen LogP) is 2.29. The molecule has 4 rings (SSSR count). The summed E-state index contributed by atoms with van der Waals surface area (Å²) in [7, 11) is 0. The van der Waals surface area contributed by atoms with Crippen molar-refractivity contribution >= 4 is 29.2 Å². The van der Waals surface area contributed by atoms with Crippen LogP contribution in [0.5, 0.6) is 0 Å². The monoisotopic (exact) mass is 459 g/mol. The minimum absolute atomic E-state index is 0.103. The fourth-order valence-corrected chi connectivity index (χ4v) is 4.68. The first-order valence-electron chi connectivity index (χ1n) is 10.8. The zero-order valence-electron chi connectivity index (χ0n) is 17.8. The Bertz CT molecular complexity index is 1030. The Kier molecular flexibility index (Phi) is 6.62. The largest absolute Gasteiger partial charge is 0.384 e. The highest BCUT2D eigenvalue weighted by Crippen LogP contribution is 2.30. The Balaban J connectivity index is 1.26. The zero-order chi connectivity index (χ0) is 22.8. The number of nitrogens with zero attached hydrogens (tertiary/aromatic N) is 1. The molecule has 4 atom stereocenters. The smallest absolute Gasteiger partial charge is 0.242 e. The van der Waals surface area contributed by atoms with Crippen molar-refractivity contribution in [2.75, 3.05) is 12.3 Å². The van der Waals surface area contributed by atoms with Gasteiger partial charge in [0.05, 0.1) is 17.1 Å². The number of amides is 2. The summed E-state index contributed by atoms with van der Waals surface area (Å²) in [5.41, 5.74) is 8.56. The molecule has 2 aliphatic rings. The van der Waals surface area contributed by atoms with E-state index in [1.54, 1.807) is 25.1 Å². The third-order valence-electron chi connectivity index (χ3n) is 6.19. The average Bonchev–Trinajstić information content (AvgIpc) is 3.37. The number of pyridine rings is 1. The first-order valence-corrected chi connectivity index (χ1v) is 11.2. The van der Waals surface area contributed by atoms with Gasteiger partial charge >= 0.3 is 0 Å². The molecule has 1 aliphatic heterocycles. The number of carbonyl (C=O) groups excluding carboxylic acids is 2. The van der Waals surface area contributed by atoms with Crippen LogP contribution in [0.15, 0.2) is 30.3 Å². The summed E-state index contributed by atoms with van der Waals surface area (Å²) >= 11 is 5.86. The van der Waals surface area contributed by atoms with Crippen LogP contribution in [-0.4, -0.2) is 35.4 Å². The highest BCUT2D eigenvalue weighted by Gasteiger charge is 2.32. The number of aromatic nitrogens is 1. The third kappa shape index (κ3) is 5.02. The number of rotatable bonds is 6. The number of nitrogens with two attached hydrogens (primary N) is 1. The molecule has 0 saturated carbocycles. The number of nitrogen functional groups attached to an aromatic ring is 1. The van der Waals surface area contributed by atoms with E-state index in [4.69, 9.17) is 17.3 Å². The molecule has 5 N–H and O–H groups in total. The van der Waals surface area contributed by atoms with E-state index in [9.17, 15) is 14.0 Å². The highest BCUT2D eigenvalue weighted by molar-refractivity contribution is 6.30. The normalized spacial score (nSPS) is 22.9. The molecule has 2 heterocycles. The van der Waals surface area contributed by atoms with Gasteiger partial charge in [-0.15, -0.1) is 0 Å². The number of fused-ring (bicyclic) bond motifs is 1. The minimum Gasteiger partial charge on any atom is -0.384 e. The van der Waals surface area contributed by atoms with E-state index in [1.165, 1.54) is 6.07 Å². The molecule has 2 aromatic rings. The predicted molar refractivity (Wildman–Crippen MR) is 120 cm³/mol. The van der Waals surface area contributed by atoms with Crippen molar-refractivity contribution in [2.24, 2.45) is 5.92 Å². The van der Waals surface area contributed by atoms with E-state index < -0.39 is 11.9 Å². The fraction of sp³-hybridized carbons (Fsp3) is 0.435. The molecule has 0 radical (unpaired) electrons. The van der Waals surface area contributed by atoms with Crippen molar-refractivity contribution in [1.29, 1.82) is 0 Å². The summed E-state index contributed by atoms with van der Waals surface area (Å²) in [5.74, 6) is -0.171. The van der Waals surface area contributed by atoms with Gasteiger partial charge in [0.25, 0.3) is 0 Å². The quantitative estimate of drug-likeness (QED) is 0.530. The molecule has 1 aliphatic carbocycles. The molecule has 1 aromatic heterocycles. The summed E-state index contributed by atoms with van der Waals surface area (Å²) in [5, 5.41) is 9.13. The molecule has 0 unspecified atom stereocenters. The molecule has 170 valence electrons. The Morgan fingerprint density at radius 2 is 2.16 bits per heavy atom. The highest BCUT2D eigenvalue weighted by atomic mass is 35.5. The Morgan fingerprint density at radius 3 is 2.94 bits per heavy atom.